The molecule has 0 heterocycles. The van der Waals surface area contributed by atoms with Crippen molar-refractivity contribution in [1.29, 1.82) is 0 Å². The van der Waals surface area contributed by atoms with Crippen molar-refractivity contribution >= 4 is 23.2 Å². The predicted octanol–water partition coefficient (Wildman–Crippen LogP) is 5.08. The summed E-state index contributed by atoms with van der Waals surface area (Å²) in [5.74, 6) is 2.72. The second-order valence-electron chi connectivity index (χ2n) is 6.08. The van der Waals surface area contributed by atoms with Crippen molar-refractivity contribution in [2.45, 2.75) is 38.6 Å². The third-order valence-electron chi connectivity index (χ3n) is 4.66. The van der Waals surface area contributed by atoms with Gasteiger partial charge in [0.2, 0.25) is 0 Å². The van der Waals surface area contributed by atoms with Crippen LogP contribution in [0.15, 0.2) is 18.2 Å². The van der Waals surface area contributed by atoms with Crippen LogP contribution < -0.4 is 5.32 Å². The smallest absolute Gasteiger partial charge is 0.0454 e. The lowest BCUT2D eigenvalue weighted by molar-refractivity contribution is 0.342. The van der Waals surface area contributed by atoms with E-state index in [1.807, 2.05) is 18.2 Å². The first-order chi connectivity index (χ1) is 9.19. The summed E-state index contributed by atoms with van der Waals surface area (Å²) in [7, 11) is 0. The van der Waals surface area contributed by atoms with Crippen molar-refractivity contribution in [3.8, 4) is 0 Å². The summed E-state index contributed by atoms with van der Waals surface area (Å²) in [5.41, 5.74) is 1.19. The van der Waals surface area contributed by atoms with Crippen LogP contribution in [0, 0.1) is 17.8 Å². The number of halogens is 2. The normalized spacial score (nSPS) is 30.2. The first-order valence-corrected chi connectivity index (χ1v) is 8.13. The Bertz CT molecular complexity index is 450. The zero-order valence-corrected chi connectivity index (χ0v) is 12.8. The summed E-state index contributed by atoms with van der Waals surface area (Å²) in [6.45, 7) is 3.25. The molecule has 3 rings (SSSR count). The highest BCUT2D eigenvalue weighted by molar-refractivity contribution is 6.33. The molecule has 0 aliphatic heterocycles. The van der Waals surface area contributed by atoms with E-state index in [0.29, 0.717) is 6.04 Å². The average Bonchev–Trinajstić information content (AvgIpc) is 3.01. The molecule has 1 nitrogen and oxygen atoms in total. The summed E-state index contributed by atoms with van der Waals surface area (Å²) >= 11 is 12.5. The molecule has 2 saturated carbocycles. The minimum atomic E-state index is 0.374. The average molecular weight is 298 g/mol. The summed E-state index contributed by atoms with van der Waals surface area (Å²) in [5, 5.41) is 5.32. The Balaban J connectivity index is 1.82. The third-order valence-corrected chi connectivity index (χ3v) is 5.24. The van der Waals surface area contributed by atoms with Crippen LogP contribution in [-0.2, 0) is 0 Å². The van der Waals surface area contributed by atoms with E-state index in [0.717, 1.165) is 40.8 Å². The van der Waals surface area contributed by atoms with Gasteiger partial charge >= 0.3 is 0 Å². The van der Waals surface area contributed by atoms with E-state index >= 15 is 0 Å². The largest absolute Gasteiger partial charge is 0.310 e. The monoisotopic (exact) mass is 297 g/mol. The Morgan fingerprint density at radius 3 is 2.63 bits per heavy atom. The van der Waals surface area contributed by atoms with Crippen molar-refractivity contribution in [2.24, 2.45) is 17.8 Å². The molecule has 0 saturated heterocycles. The lowest BCUT2D eigenvalue weighted by Gasteiger charge is -2.27. The van der Waals surface area contributed by atoms with Gasteiger partial charge in [0.25, 0.3) is 0 Å². The highest BCUT2D eigenvalue weighted by Gasteiger charge is 2.48. The fourth-order valence-electron chi connectivity index (χ4n) is 3.62. The number of hydrogen-bond acceptors (Lipinski definition) is 1. The molecule has 1 aromatic carbocycles. The maximum atomic E-state index is 6.40. The highest BCUT2D eigenvalue weighted by Crippen LogP contribution is 2.57. The number of nitrogens with one attached hydrogen (secondary N) is 1. The minimum Gasteiger partial charge on any atom is -0.310 e. The standard InChI is InChI=1S/C16H21Cl2N/c1-2-5-19-16(12-7-10-6-11(10)8-12)14-9-13(17)3-4-15(14)18/h3-4,9-12,16,19H,2,5-8H2,1H3. The zero-order chi connectivity index (χ0) is 13.4. The maximum absolute atomic E-state index is 6.40. The molecule has 3 heteroatoms. The van der Waals surface area contributed by atoms with Gasteiger partial charge in [-0.3, -0.25) is 0 Å². The first-order valence-electron chi connectivity index (χ1n) is 7.37. The van der Waals surface area contributed by atoms with E-state index < -0.39 is 0 Å². The highest BCUT2D eigenvalue weighted by atomic mass is 35.5. The van der Waals surface area contributed by atoms with Crippen LogP contribution in [0.4, 0.5) is 0 Å². The van der Waals surface area contributed by atoms with Gasteiger partial charge in [0, 0.05) is 16.1 Å². The summed E-state index contributed by atoms with van der Waals surface area (Å²) in [4.78, 5) is 0. The molecule has 1 N–H and O–H groups in total. The Hall–Kier alpha value is -0.240. The Kier molecular flexibility index (Phi) is 4.07. The summed E-state index contributed by atoms with van der Waals surface area (Å²) in [6, 6.07) is 6.21. The van der Waals surface area contributed by atoms with Gasteiger partial charge in [-0.15, -0.1) is 0 Å². The SMILES string of the molecule is CCCNC(c1cc(Cl)ccc1Cl)C1CC2CC2C1. The van der Waals surface area contributed by atoms with Gasteiger partial charge in [0.1, 0.15) is 0 Å². The van der Waals surface area contributed by atoms with Crippen LogP contribution >= 0.6 is 23.2 Å². The quantitative estimate of drug-likeness (QED) is 0.799. The second-order valence-corrected chi connectivity index (χ2v) is 6.93. The number of fused-ring (bicyclic) bond motifs is 1. The second kappa shape index (κ2) is 5.63. The van der Waals surface area contributed by atoms with Gasteiger partial charge in [0.05, 0.1) is 0 Å². The predicted molar refractivity (Wildman–Crippen MR) is 81.8 cm³/mol. The van der Waals surface area contributed by atoms with Crippen LogP contribution in [0.1, 0.15) is 44.2 Å². The van der Waals surface area contributed by atoms with Crippen molar-refractivity contribution in [3.63, 3.8) is 0 Å². The Labute approximate surface area is 125 Å². The molecular weight excluding hydrogens is 277 g/mol. The van der Waals surface area contributed by atoms with E-state index in [4.69, 9.17) is 23.2 Å². The molecule has 0 spiro atoms. The van der Waals surface area contributed by atoms with E-state index in [2.05, 4.69) is 12.2 Å². The minimum absolute atomic E-state index is 0.374. The lowest BCUT2D eigenvalue weighted by Crippen LogP contribution is -2.28. The molecule has 3 unspecified atom stereocenters. The van der Waals surface area contributed by atoms with Crippen LogP contribution in [-0.4, -0.2) is 6.54 Å². The van der Waals surface area contributed by atoms with Gasteiger partial charge in [-0.2, -0.15) is 0 Å². The topological polar surface area (TPSA) is 12.0 Å². The van der Waals surface area contributed by atoms with Crippen LogP contribution in [0.25, 0.3) is 0 Å². The van der Waals surface area contributed by atoms with Crippen LogP contribution in [0.2, 0.25) is 10.0 Å². The fraction of sp³-hybridized carbons (Fsp3) is 0.625. The molecule has 3 atom stereocenters. The molecule has 104 valence electrons. The van der Waals surface area contributed by atoms with Gasteiger partial charge in [-0.25, -0.2) is 0 Å². The summed E-state index contributed by atoms with van der Waals surface area (Å²) in [6.07, 6.45) is 5.32. The molecule has 0 radical (unpaired) electrons. The van der Waals surface area contributed by atoms with Crippen molar-refractivity contribution in [2.75, 3.05) is 6.54 Å². The van der Waals surface area contributed by atoms with E-state index in [1.165, 1.54) is 24.8 Å². The van der Waals surface area contributed by atoms with Gasteiger partial charge in [0.15, 0.2) is 0 Å². The zero-order valence-electron chi connectivity index (χ0n) is 11.3. The molecular formula is C16H21Cl2N. The number of hydrogen-bond donors (Lipinski definition) is 1. The summed E-state index contributed by atoms with van der Waals surface area (Å²) < 4.78 is 0. The van der Waals surface area contributed by atoms with Crippen LogP contribution in [0.3, 0.4) is 0 Å². The fourth-order valence-corrected chi connectivity index (χ4v) is 4.03. The van der Waals surface area contributed by atoms with E-state index in [1.54, 1.807) is 0 Å². The van der Waals surface area contributed by atoms with E-state index in [-0.39, 0.29) is 0 Å². The van der Waals surface area contributed by atoms with Crippen molar-refractivity contribution in [3.05, 3.63) is 33.8 Å². The number of benzene rings is 1. The Morgan fingerprint density at radius 2 is 1.95 bits per heavy atom. The molecule has 0 bridgehead atoms. The van der Waals surface area contributed by atoms with E-state index in [9.17, 15) is 0 Å². The molecule has 19 heavy (non-hydrogen) atoms. The molecule has 2 fully saturated rings. The molecule has 2 aliphatic carbocycles. The maximum Gasteiger partial charge on any atom is 0.0454 e. The molecule has 0 amide bonds. The number of rotatable bonds is 5. The first kappa shape index (κ1) is 13.7. The van der Waals surface area contributed by atoms with Crippen molar-refractivity contribution in [1.82, 2.24) is 5.32 Å². The van der Waals surface area contributed by atoms with Crippen molar-refractivity contribution < 1.29 is 0 Å². The lowest BCUT2D eigenvalue weighted by atomic mass is 9.89. The van der Waals surface area contributed by atoms with Gasteiger partial charge < -0.3 is 5.32 Å². The Morgan fingerprint density at radius 1 is 1.21 bits per heavy atom. The van der Waals surface area contributed by atoms with Gasteiger partial charge in [-0.05, 0) is 73.7 Å². The molecule has 0 aromatic heterocycles. The third kappa shape index (κ3) is 2.94. The molecule has 2 aliphatic rings. The molecule has 1 aromatic rings. The van der Waals surface area contributed by atoms with Gasteiger partial charge in [-0.1, -0.05) is 30.1 Å². The van der Waals surface area contributed by atoms with Crippen LogP contribution in [0.5, 0.6) is 0 Å².